The van der Waals surface area contributed by atoms with Crippen molar-refractivity contribution in [2.75, 3.05) is 32.9 Å². The summed E-state index contributed by atoms with van der Waals surface area (Å²) in [6.45, 7) is 1.29. The average molecular weight is 567 g/mol. The molecule has 11 heteroatoms. The van der Waals surface area contributed by atoms with E-state index in [1.54, 1.807) is 30.1 Å². The van der Waals surface area contributed by atoms with Crippen molar-refractivity contribution in [3.8, 4) is 0 Å². The number of rotatable bonds is 7. The SMILES string of the molecule is CN(C(=O)OCc1cc(Cl)cc(Cl)c1)C1CCc2ccc(C3=CCN(CC(=O)NS(C)(=O)=O)CC3)cc21. The Morgan fingerprint density at radius 2 is 1.86 bits per heavy atom. The Kier molecular flexibility index (Phi) is 8.48. The lowest BCUT2D eigenvalue weighted by Crippen LogP contribution is -2.41. The van der Waals surface area contributed by atoms with Gasteiger partial charge in [-0.1, -0.05) is 41.4 Å². The molecule has 0 saturated carbocycles. The van der Waals surface area contributed by atoms with Gasteiger partial charge in [0.15, 0.2) is 0 Å². The van der Waals surface area contributed by atoms with Gasteiger partial charge < -0.3 is 9.64 Å². The van der Waals surface area contributed by atoms with Gasteiger partial charge in [0.2, 0.25) is 15.9 Å². The number of ether oxygens (including phenoxy) is 1. The van der Waals surface area contributed by atoms with Gasteiger partial charge in [-0.2, -0.15) is 0 Å². The zero-order chi connectivity index (χ0) is 26.7. The first-order valence-corrected chi connectivity index (χ1v) is 14.5. The number of fused-ring (bicyclic) bond motifs is 1. The monoisotopic (exact) mass is 565 g/mol. The molecule has 0 aromatic heterocycles. The van der Waals surface area contributed by atoms with Crippen molar-refractivity contribution in [3.05, 3.63) is 74.8 Å². The lowest BCUT2D eigenvalue weighted by molar-refractivity contribution is -0.120. The normalized spacial score (nSPS) is 17.6. The molecule has 2 aliphatic rings. The van der Waals surface area contributed by atoms with E-state index in [0.717, 1.165) is 47.8 Å². The van der Waals surface area contributed by atoms with Crippen LogP contribution in [0.1, 0.15) is 41.1 Å². The van der Waals surface area contributed by atoms with Crippen molar-refractivity contribution in [1.29, 1.82) is 0 Å². The summed E-state index contributed by atoms with van der Waals surface area (Å²) in [6.07, 6.45) is 5.04. The van der Waals surface area contributed by atoms with Crippen LogP contribution in [0.15, 0.2) is 42.5 Å². The fourth-order valence-electron chi connectivity index (χ4n) is 4.81. The van der Waals surface area contributed by atoms with E-state index < -0.39 is 22.0 Å². The standard InChI is InChI=1S/C26H29Cl2N3O5S/c1-30(26(33)36-16-17-11-21(27)14-22(28)12-17)24-6-5-19-3-4-20(13-23(19)24)18-7-9-31(10-8-18)15-25(32)29-37(2,34)35/h3-4,7,11-14,24H,5-6,8-10,15-16H2,1-2H3,(H,29,32). The Hall–Kier alpha value is -2.59. The molecule has 2 amide bonds. The van der Waals surface area contributed by atoms with E-state index in [1.165, 1.54) is 5.56 Å². The zero-order valence-electron chi connectivity index (χ0n) is 20.7. The number of sulfonamides is 1. The summed E-state index contributed by atoms with van der Waals surface area (Å²) in [5.41, 5.74) is 5.29. The third-order valence-corrected chi connectivity index (χ3v) is 7.60. The lowest BCUT2D eigenvalue weighted by atomic mass is 9.95. The van der Waals surface area contributed by atoms with Crippen molar-refractivity contribution >= 4 is 50.8 Å². The Morgan fingerprint density at radius 1 is 1.14 bits per heavy atom. The molecule has 4 rings (SSSR count). The number of carbonyl (C=O) groups excluding carboxylic acids is 2. The van der Waals surface area contributed by atoms with Crippen LogP contribution < -0.4 is 4.72 Å². The third kappa shape index (κ3) is 7.25. The number of benzene rings is 2. The van der Waals surface area contributed by atoms with E-state index >= 15 is 0 Å². The fourth-order valence-corrected chi connectivity index (χ4v) is 5.86. The molecule has 0 spiro atoms. The molecule has 1 aliphatic heterocycles. The summed E-state index contributed by atoms with van der Waals surface area (Å²) in [7, 11) is -1.81. The fraction of sp³-hybridized carbons (Fsp3) is 0.385. The van der Waals surface area contributed by atoms with Crippen LogP contribution in [-0.4, -0.2) is 63.2 Å². The minimum atomic E-state index is -3.56. The van der Waals surface area contributed by atoms with Gasteiger partial charge in [-0.3, -0.25) is 14.4 Å². The van der Waals surface area contributed by atoms with Gasteiger partial charge in [0.1, 0.15) is 6.61 Å². The Morgan fingerprint density at radius 3 is 2.51 bits per heavy atom. The second-order valence-electron chi connectivity index (χ2n) is 9.42. The quantitative estimate of drug-likeness (QED) is 0.534. The number of hydrogen-bond acceptors (Lipinski definition) is 6. The average Bonchev–Trinajstić information content (AvgIpc) is 3.24. The third-order valence-electron chi connectivity index (χ3n) is 6.56. The molecular formula is C26H29Cl2N3O5S. The van der Waals surface area contributed by atoms with Crippen molar-refractivity contribution < 1.29 is 22.7 Å². The van der Waals surface area contributed by atoms with Gasteiger partial charge in [0.05, 0.1) is 18.8 Å². The Bertz CT molecular complexity index is 1330. The number of carbonyl (C=O) groups is 2. The van der Waals surface area contributed by atoms with E-state index in [1.807, 2.05) is 9.62 Å². The zero-order valence-corrected chi connectivity index (χ0v) is 23.0. The number of hydrogen-bond donors (Lipinski definition) is 1. The molecule has 0 fully saturated rings. The van der Waals surface area contributed by atoms with Gasteiger partial charge >= 0.3 is 6.09 Å². The van der Waals surface area contributed by atoms with Crippen LogP contribution in [0.5, 0.6) is 0 Å². The van der Waals surface area contributed by atoms with Gasteiger partial charge in [-0.25, -0.2) is 13.2 Å². The van der Waals surface area contributed by atoms with Crippen LogP contribution in [-0.2, 0) is 32.6 Å². The largest absolute Gasteiger partial charge is 0.445 e. The van der Waals surface area contributed by atoms with E-state index in [-0.39, 0.29) is 19.2 Å². The van der Waals surface area contributed by atoms with Crippen molar-refractivity contribution in [1.82, 2.24) is 14.5 Å². The molecule has 2 aromatic carbocycles. The van der Waals surface area contributed by atoms with Crippen molar-refractivity contribution in [3.63, 3.8) is 0 Å². The molecule has 37 heavy (non-hydrogen) atoms. The highest BCUT2D eigenvalue weighted by atomic mass is 35.5. The van der Waals surface area contributed by atoms with Crippen molar-refractivity contribution in [2.24, 2.45) is 0 Å². The first-order valence-electron chi connectivity index (χ1n) is 11.9. The van der Waals surface area contributed by atoms with Crippen LogP contribution in [0.3, 0.4) is 0 Å². The molecule has 1 atom stereocenters. The highest BCUT2D eigenvalue weighted by molar-refractivity contribution is 7.89. The minimum absolute atomic E-state index is 0.0252. The second kappa shape index (κ2) is 11.4. The maximum Gasteiger partial charge on any atom is 0.410 e. The molecular weight excluding hydrogens is 537 g/mol. The highest BCUT2D eigenvalue weighted by Gasteiger charge is 2.30. The molecule has 0 bridgehead atoms. The van der Waals surface area contributed by atoms with Crippen LogP contribution in [0.4, 0.5) is 4.79 Å². The van der Waals surface area contributed by atoms with Gasteiger partial charge in [-0.15, -0.1) is 0 Å². The van der Waals surface area contributed by atoms with Gasteiger partial charge in [-0.05, 0) is 71.4 Å². The molecule has 1 heterocycles. The summed E-state index contributed by atoms with van der Waals surface area (Å²) in [4.78, 5) is 28.3. The second-order valence-corrected chi connectivity index (χ2v) is 12.0. The number of nitrogens with zero attached hydrogens (tertiary/aromatic N) is 2. The number of halogens is 2. The van der Waals surface area contributed by atoms with Crippen LogP contribution in [0.25, 0.3) is 5.57 Å². The molecule has 8 nitrogen and oxygen atoms in total. The number of amides is 2. The molecule has 1 aliphatic carbocycles. The predicted molar refractivity (Wildman–Crippen MR) is 144 cm³/mol. The van der Waals surface area contributed by atoms with E-state index in [4.69, 9.17) is 27.9 Å². The van der Waals surface area contributed by atoms with Gasteiger partial charge in [0, 0.05) is 30.2 Å². The summed E-state index contributed by atoms with van der Waals surface area (Å²) < 4.78 is 30.0. The summed E-state index contributed by atoms with van der Waals surface area (Å²) in [6, 6.07) is 11.3. The van der Waals surface area contributed by atoms with E-state index in [0.29, 0.717) is 23.1 Å². The Labute approximate surface area is 227 Å². The van der Waals surface area contributed by atoms with Crippen LogP contribution in [0.2, 0.25) is 10.0 Å². The highest BCUT2D eigenvalue weighted by Crippen LogP contribution is 2.38. The molecule has 198 valence electrons. The maximum atomic E-state index is 12.8. The summed E-state index contributed by atoms with van der Waals surface area (Å²) in [5, 5.41) is 0.975. The summed E-state index contributed by atoms with van der Waals surface area (Å²) >= 11 is 12.1. The molecule has 1 N–H and O–H groups in total. The van der Waals surface area contributed by atoms with E-state index in [2.05, 4.69) is 24.3 Å². The molecule has 0 radical (unpaired) electrons. The maximum absolute atomic E-state index is 12.8. The Balaban J connectivity index is 1.39. The minimum Gasteiger partial charge on any atom is -0.445 e. The summed E-state index contributed by atoms with van der Waals surface area (Å²) in [5.74, 6) is -0.534. The molecule has 2 aromatic rings. The van der Waals surface area contributed by atoms with Crippen molar-refractivity contribution in [2.45, 2.75) is 31.9 Å². The topological polar surface area (TPSA) is 96.0 Å². The van der Waals surface area contributed by atoms with Gasteiger partial charge in [0.25, 0.3) is 0 Å². The first-order chi connectivity index (χ1) is 17.5. The predicted octanol–water partition coefficient (Wildman–Crippen LogP) is 4.41. The van der Waals surface area contributed by atoms with E-state index in [9.17, 15) is 18.0 Å². The lowest BCUT2D eigenvalue weighted by Gasteiger charge is -2.27. The molecule has 0 saturated heterocycles. The smallest absolute Gasteiger partial charge is 0.410 e. The van der Waals surface area contributed by atoms with Crippen LogP contribution in [0, 0.1) is 0 Å². The van der Waals surface area contributed by atoms with Crippen LogP contribution >= 0.6 is 23.2 Å². The molecule has 1 unspecified atom stereocenters. The number of aryl methyl sites for hydroxylation is 1. The number of nitrogens with one attached hydrogen (secondary N) is 1. The first kappa shape index (κ1) is 27.4.